The molecule has 4 heterocycles. The number of aromatic nitrogens is 4. The first-order chi connectivity index (χ1) is 16.4. The van der Waals surface area contributed by atoms with Crippen LogP contribution in [-0.4, -0.2) is 62.3 Å². The van der Waals surface area contributed by atoms with E-state index in [0.717, 1.165) is 11.1 Å². The summed E-state index contributed by atoms with van der Waals surface area (Å²) in [5, 5.41) is 7.41. The molecule has 1 N–H and O–H groups in total. The SMILES string of the molecule is CC(C)N1Cc2c(NCc3nc(-c4ccccc4)no3)nc(N3C[C@@H](C)O[C@@H](C)C3)nc2C1=O. The minimum atomic E-state index is -0.0739. The van der Waals surface area contributed by atoms with E-state index in [1.165, 1.54) is 0 Å². The molecule has 0 radical (unpaired) electrons. The molecule has 3 aromatic rings. The van der Waals surface area contributed by atoms with E-state index in [-0.39, 0.29) is 30.7 Å². The van der Waals surface area contributed by atoms with Gasteiger partial charge in [0.25, 0.3) is 5.91 Å². The largest absolute Gasteiger partial charge is 0.372 e. The number of nitrogens with zero attached hydrogens (tertiary/aromatic N) is 6. The molecule has 5 rings (SSSR count). The number of amides is 1. The normalized spacial score (nSPS) is 20.2. The van der Waals surface area contributed by atoms with E-state index in [2.05, 4.69) is 20.4 Å². The van der Waals surface area contributed by atoms with Crippen LogP contribution in [0.3, 0.4) is 0 Å². The molecule has 34 heavy (non-hydrogen) atoms. The summed E-state index contributed by atoms with van der Waals surface area (Å²) in [5.41, 5.74) is 2.12. The van der Waals surface area contributed by atoms with E-state index >= 15 is 0 Å². The molecule has 0 saturated carbocycles. The number of morpholine rings is 1. The third kappa shape index (κ3) is 4.33. The predicted octanol–water partition coefficient (Wildman–Crippen LogP) is 3.12. The van der Waals surface area contributed by atoms with E-state index in [1.807, 2.05) is 58.0 Å². The molecule has 10 nitrogen and oxygen atoms in total. The van der Waals surface area contributed by atoms with Crippen molar-refractivity contribution in [1.82, 2.24) is 25.0 Å². The van der Waals surface area contributed by atoms with Crippen molar-refractivity contribution in [1.29, 1.82) is 0 Å². The summed E-state index contributed by atoms with van der Waals surface area (Å²) in [6.45, 7) is 10.1. The number of rotatable bonds is 6. The molecule has 2 atom stereocenters. The number of hydrogen-bond acceptors (Lipinski definition) is 9. The first kappa shape index (κ1) is 22.3. The Bertz CT molecular complexity index is 1170. The van der Waals surface area contributed by atoms with Crippen molar-refractivity contribution in [2.45, 2.75) is 59.0 Å². The van der Waals surface area contributed by atoms with Crippen molar-refractivity contribution in [2.75, 3.05) is 23.3 Å². The van der Waals surface area contributed by atoms with Crippen LogP contribution in [0, 0.1) is 0 Å². The van der Waals surface area contributed by atoms with Crippen molar-refractivity contribution >= 4 is 17.7 Å². The lowest BCUT2D eigenvalue weighted by atomic mass is 10.2. The van der Waals surface area contributed by atoms with Crippen LogP contribution in [0.2, 0.25) is 0 Å². The average molecular weight is 464 g/mol. The zero-order valence-corrected chi connectivity index (χ0v) is 19.9. The number of fused-ring (bicyclic) bond motifs is 1. The fourth-order valence-corrected chi connectivity index (χ4v) is 4.41. The summed E-state index contributed by atoms with van der Waals surface area (Å²) >= 11 is 0. The molecule has 10 heteroatoms. The quantitative estimate of drug-likeness (QED) is 0.589. The second-order valence-corrected chi connectivity index (χ2v) is 9.12. The van der Waals surface area contributed by atoms with Crippen LogP contribution in [0.15, 0.2) is 34.9 Å². The minimum absolute atomic E-state index is 0.0506. The van der Waals surface area contributed by atoms with Crippen LogP contribution >= 0.6 is 0 Å². The van der Waals surface area contributed by atoms with Crippen molar-refractivity contribution in [3.63, 3.8) is 0 Å². The van der Waals surface area contributed by atoms with E-state index in [9.17, 15) is 4.79 Å². The second-order valence-electron chi connectivity index (χ2n) is 9.12. The Labute approximate surface area is 198 Å². The maximum absolute atomic E-state index is 13.1. The third-order valence-electron chi connectivity index (χ3n) is 6.02. The summed E-state index contributed by atoms with van der Waals surface area (Å²) in [4.78, 5) is 31.0. The van der Waals surface area contributed by atoms with Gasteiger partial charge in [-0.15, -0.1) is 0 Å². The van der Waals surface area contributed by atoms with Crippen LogP contribution in [0.5, 0.6) is 0 Å². The second kappa shape index (κ2) is 9.02. The molecule has 2 aliphatic heterocycles. The maximum Gasteiger partial charge on any atom is 0.273 e. The fourth-order valence-electron chi connectivity index (χ4n) is 4.41. The molecule has 1 amide bonds. The topological polar surface area (TPSA) is 110 Å². The Balaban J connectivity index is 1.43. The first-order valence-electron chi connectivity index (χ1n) is 11.6. The van der Waals surface area contributed by atoms with Crippen LogP contribution in [-0.2, 0) is 17.8 Å². The van der Waals surface area contributed by atoms with Crippen molar-refractivity contribution in [3.05, 3.63) is 47.5 Å². The predicted molar refractivity (Wildman–Crippen MR) is 126 cm³/mol. The lowest BCUT2D eigenvalue weighted by Crippen LogP contribution is -2.46. The van der Waals surface area contributed by atoms with Gasteiger partial charge in [-0.25, -0.2) is 4.98 Å². The smallest absolute Gasteiger partial charge is 0.273 e. The summed E-state index contributed by atoms with van der Waals surface area (Å²) < 4.78 is 11.3. The molecule has 0 unspecified atom stereocenters. The minimum Gasteiger partial charge on any atom is -0.372 e. The molecule has 2 aliphatic rings. The van der Waals surface area contributed by atoms with Crippen LogP contribution in [0.1, 0.15) is 49.6 Å². The zero-order chi connectivity index (χ0) is 23.8. The van der Waals surface area contributed by atoms with Crippen molar-refractivity contribution in [3.8, 4) is 11.4 Å². The van der Waals surface area contributed by atoms with Gasteiger partial charge in [-0.2, -0.15) is 9.97 Å². The molecule has 0 bridgehead atoms. The molecule has 2 aromatic heterocycles. The first-order valence-corrected chi connectivity index (χ1v) is 11.6. The summed E-state index contributed by atoms with van der Waals surface area (Å²) in [7, 11) is 0. The van der Waals surface area contributed by atoms with E-state index in [1.54, 1.807) is 4.90 Å². The molecule has 1 aromatic carbocycles. The van der Waals surface area contributed by atoms with Gasteiger partial charge in [-0.1, -0.05) is 35.5 Å². The molecule has 0 aliphatic carbocycles. The number of anilines is 2. The molecular weight excluding hydrogens is 434 g/mol. The third-order valence-corrected chi connectivity index (χ3v) is 6.02. The average Bonchev–Trinajstić information content (AvgIpc) is 3.42. The zero-order valence-electron chi connectivity index (χ0n) is 19.9. The highest BCUT2D eigenvalue weighted by molar-refractivity contribution is 5.98. The van der Waals surface area contributed by atoms with Crippen molar-refractivity contribution in [2.24, 2.45) is 0 Å². The highest BCUT2D eigenvalue weighted by Crippen LogP contribution is 2.31. The number of ether oxygens (including phenoxy) is 1. The summed E-state index contributed by atoms with van der Waals surface area (Å²) in [6, 6.07) is 9.73. The molecule has 1 saturated heterocycles. The van der Waals surface area contributed by atoms with Gasteiger partial charge in [0.1, 0.15) is 11.5 Å². The maximum atomic E-state index is 13.1. The van der Waals surface area contributed by atoms with E-state index < -0.39 is 0 Å². The van der Waals surface area contributed by atoms with Gasteiger partial charge in [0.2, 0.25) is 17.7 Å². The molecule has 178 valence electrons. The Kier molecular flexibility index (Phi) is 5.91. The van der Waals surface area contributed by atoms with Crippen LogP contribution < -0.4 is 10.2 Å². The Morgan fingerprint density at radius 2 is 1.82 bits per heavy atom. The van der Waals surface area contributed by atoms with Gasteiger partial charge >= 0.3 is 0 Å². The van der Waals surface area contributed by atoms with Gasteiger partial charge in [0.05, 0.1) is 25.3 Å². The van der Waals surface area contributed by atoms with Gasteiger partial charge in [-0.3, -0.25) is 4.79 Å². The Morgan fingerprint density at radius 3 is 2.53 bits per heavy atom. The standard InChI is InChI=1S/C24H29N7O3/c1-14(2)31-13-18-20(23(31)32)27-24(30-11-15(3)33-16(4)12-30)28-22(18)25-10-19-26-21(29-34-19)17-8-6-5-7-9-17/h5-9,14-16H,10-13H2,1-4H3,(H,25,27,28)/t15-,16+. The number of carbonyl (C=O) groups is 1. The van der Waals surface area contributed by atoms with Gasteiger partial charge in [-0.05, 0) is 27.7 Å². The summed E-state index contributed by atoms with van der Waals surface area (Å²) in [6.07, 6.45) is 0.101. The van der Waals surface area contributed by atoms with Crippen molar-refractivity contribution < 1.29 is 14.1 Å². The van der Waals surface area contributed by atoms with Gasteiger partial charge in [0, 0.05) is 30.3 Å². The Morgan fingerprint density at radius 1 is 1.09 bits per heavy atom. The van der Waals surface area contributed by atoms with Gasteiger partial charge < -0.3 is 24.4 Å². The number of benzene rings is 1. The van der Waals surface area contributed by atoms with E-state index in [4.69, 9.17) is 19.2 Å². The highest BCUT2D eigenvalue weighted by atomic mass is 16.5. The lowest BCUT2D eigenvalue weighted by Gasteiger charge is -2.35. The number of carbonyl (C=O) groups excluding carboxylic acids is 1. The Hall–Kier alpha value is -3.53. The summed E-state index contributed by atoms with van der Waals surface area (Å²) in [5.74, 6) is 2.03. The molecule has 0 spiro atoms. The van der Waals surface area contributed by atoms with E-state index in [0.29, 0.717) is 48.8 Å². The number of nitrogens with one attached hydrogen (secondary N) is 1. The monoisotopic (exact) mass is 463 g/mol. The molecular formula is C24H29N7O3. The lowest BCUT2D eigenvalue weighted by molar-refractivity contribution is -0.00571. The van der Waals surface area contributed by atoms with Gasteiger partial charge in [0.15, 0.2) is 0 Å². The fraction of sp³-hybridized carbons (Fsp3) is 0.458. The van der Waals surface area contributed by atoms with Crippen LogP contribution in [0.4, 0.5) is 11.8 Å². The molecule has 1 fully saturated rings. The highest BCUT2D eigenvalue weighted by Gasteiger charge is 2.35. The number of hydrogen-bond donors (Lipinski definition) is 1. The van der Waals surface area contributed by atoms with Crippen LogP contribution in [0.25, 0.3) is 11.4 Å².